The summed E-state index contributed by atoms with van der Waals surface area (Å²) in [4.78, 5) is 2.45. The summed E-state index contributed by atoms with van der Waals surface area (Å²) in [5.74, 6) is 0. The highest BCUT2D eigenvalue weighted by atomic mass is 16.6. The summed E-state index contributed by atoms with van der Waals surface area (Å²) >= 11 is 0. The maximum absolute atomic E-state index is 5.16. The summed E-state index contributed by atoms with van der Waals surface area (Å²) in [6.07, 6.45) is 4.82. The standard InChI is InChI=1S/C8H15NO/c1-9(5-8-6-10-8)7-3-2-4-7/h7-8H,2-6H2,1H3/t8-/m1/s1. The molecule has 58 valence electrons. The van der Waals surface area contributed by atoms with Gasteiger partial charge in [-0.2, -0.15) is 0 Å². The predicted molar refractivity (Wildman–Crippen MR) is 40.0 cm³/mol. The van der Waals surface area contributed by atoms with E-state index < -0.39 is 0 Å². The van der Waals surface area contributed by atoms with Gasteiger partial charge in [-0.3, -0.25) is 0 Å². The molecule has 2 nitrogen and oxygen atoms in total. The highest BCUT2D eigenvalue weighted by Gasteiger charge is 2.29. The smallest absolute Gasteiger partial charge is 0.0936 e. The molecule has 1 saturated carbocycles. The van der Waals surface area contributed by atoms with E-state index in [0.717, 1.165) is 19.2 Å². The van der Waals surface area contributed by atoms with Crippen molar-refractivity contribution in [2.24, 2.45) is 0 Å². The van der Waals surface area contributed by atoms with Gasteiger partial charge in [-0.1, -0.05) is 6.42 Å². The second-order valence-electron chi connectivity index (χ2n) is 3.48. The third-order valence-corrected chi connectivity index (χ3v) is 2.59. The minimum absolute atomic E-state index is 0.575. The van der Waals surface area contributed by atoms with Crippen molar-refractivity contribution >= 4 is 0 Å². The van der Waals surface area contributed by atoms with Crippen molar-refractivity contribution in [2.75, 3.05) is 20.2 Å². The molecule has 0 amide bonds. The van der Waals surface area contributed by atoms with Crippen LogP contribution in [0.5, 0.6) is 0 Å². The van der Waals surface area contributed by atoms with Gasteiger partial charge in [0.1, 0.15) is 0 Å². The molecule has 0 aromatic heterocycles. The highest BCUT2D eigenvalue weighted by molar-refractivity contribution is 4.82. The SMILES string of the molecule is CN(C[C@@H]1CO1)C1CCC1. The van der Waals surface area contributed by atoms with E-state index in [1.165, 1.54) is 19.3 Å². The first-order chi connectivity index (χ1) is 4.86. The largest absolute Gasteiger partial charge is 0.372 e. The lowest BCUT2D eigenvalue weighted by Crippen LogP contribution is -2.39. The molecule has 0 aromatic carbocycles. The number of hydrogen-bond acceptors (Lipinski definition) is 2. The van der Waals surface area contributed by atoms with Gasteiger partial charge in [-0.25, -0.2) is 0 Å². The van der Waals surface area contributed by atoms with Crippen molar-refractivity contribution < 1.29 is 4.74 Å². The Hall–Kier alpha value is -0.0800. The molecule has 1 saturated heterocycles. The van der Waals surface area contributed by atoms with Crippen LogP contribution in [0.15, 0.2) is 0 Å². The Morgan fingerprint density at radius 2 is 2.20 bits per heavy atom. The lowest BCUT2D eigenvalue weighted by molar-refractivity contribution is 0.148. The molecule has 2 aliphatic rings. The molecule has 10 heavy (non-hydrogen) atoms. The molecule has 0 aromatic rings. The fourth-order valence-electron chi connectivity index (χ4n) is 1.47. The molecule has 0 bridgehead atoms. The fraction of sp³-hybridized carbons (Fsp3) is 1.00. The Labute approximate surface area is 62.2 Å². The summed E-state index contributed by atoms with van der Waals surface area (Å²) in [5.41, 5.74) is 0. The molecular weight excluding hydrogens is 126 g/mol. The monoisotopic (exact) mass is 141 g/mol. The third-order valence-electron chi connectivity index (χ3n) is 2.59. The van der Waals surface area contributed by atoms with Crippen molar-refractivity contribution in [3.63, 3.8) is 0 Å². The van der Waals surface area contributed by atoms with Gasteiger partial charge >= 0.3 is 0 Å². The number of likely N-dealkylation sites (N-methyl/N-ethyl adjacent to an activating group) is 1. The van der Waals surface area contributed by atoms with Crippen LogP contribution in [0.25, 0.3) is 0 Å². The number of ether oxygens (including phenoxy) is 1. The van der Waals surface area contributed by atoms with Crippen LogP contribution in [-0.2, 0) is 4.74 Å². The van der Waals surface area contributed by atoms with Crippen LogP contribution in [0.1, 0.15) is 19.3 Å². The summed E-state index contributed by atoms with van der Waals surface area (Å²) in [5, 5.41) is 0. The van der Waals surface area contributed by atoms with E-state index in [-0.39, 0.29) is 0 Å². The summed E-state index contributed by atoms with van der Waals surface area (Å²) in [6.45, 7) is 2.15. The van der Waals surface area contributed by atoms with Crippen molar-refractivity contribution in [3.05, 3.63) is 0 Å². The molecule has 1 aliphatic heterocycles. The van der Waals surface area contributed by atoms with E-state index in [9.17, 15) is 0 Å². The first-order valence-corrected chi connectivity index (χ1v) is 4.18. The number of rotatable bonds is 3. The maximum Gasteiger partial charge on any atom is 0.0936 e. The molecule has 1 heterocycles. The van der Waals surface area contributed by atoms with Gasteiger partial charge in [0.05, 0.1) is 12.7 Å². The summed E-state index contributed by atoms with van der Waals surface area (Å²) < 4.78 is 5.16. The van der Waals surface area contributed by atoms with Gasteiger partial charge in [0.2, 0.25) is 0 Å². The molecule has 0 spiro atoms. The molecule has 2 fully saturated rings. The van der Waals surface area contributed by atoms with Crippen LogP contribution in [0.2, 0.25) is 0 Å². The zero-order chi connectivity index (χ0) is 6.97. The van der Waals surface area contributed by atoms with E-state index in [2.05, 4.69) is 11.9 Å². The Balaban J connectivity index is 1.69. The molecule has 2 rings (SSSR count). The number of hydrogen-bond donors (Lipinski definition) is 0. The van der Waals surface area contributed by atoms with Gasteiger partial charge in [0, 0.05) is 12.6 Å². The van der Waals surface area contributed by atoms with Crippen LogP contribution in [0, 0.1) is 0 Å². The molecule has 2 heteroatoms. The molecule has 0 radical (unpaired) electrons. The van der Waals surface area contributed by atoms with Gasteiger partial charge in [-0.05, 0) is 19.9 Å². The van der Waals surface area contributed by atoms with Crippen molar-refractivity contribution in [2.45, 2.75) is 31.4 Å². The van der Waals surface area contributed by atoms with Gasteiger partial charge in [-0.15, -0.1) is 0 Å². The quantitative estimate of drug-likeness (QED) is 0.542. The van der Waals surface area contributed by atoms with Gasteiger partial charge in [0.15, 0.2) is 0 Å². The molecule has 1 atom stereocenters. The average Bonchev–Trinajstić information content (AvgIpc) is 2.43. The first kappa shape index (κ1) is 6.62. The van der Waals surface area contributed by atoms with Crippen LogP contribution in [-0.4, -0.2) is 37.2 Å². The van der Waals surface area contributed by atoms with Crippen molar-refractivity contribution in [3.8, 4) is 0 Å². The zero-order valence-corrected chi connectivity index (χ0v) is 6.55. The highest BCUT2D eigenvalue weighted by Crippen LogP contribution is 2.24. The predicted octanol–water partition coefficient (Wildman–Crippen LogP) is 0.869. The maximum atomic E-state index is 5.16. The zero-order valence-electron chi connectivity index (χ0n) is 6.55. The van der Waals surface area contributed by atoms with E-state index in [1.807, 2.05) is 0 Å². The Morgan fingerprint density at radius 1 is 1.50 bits per heavy atom. The molecule has 0 unspecified atom stereocenters. The third kappa shape index (κ3) is 1.32. The number of epoxide rings is 1. The second kappa shape index (κ2) is 2.51. The normalized spacial score (nSPS) is 32.4. The van der Waals surface area contributed by atoms with E-state index in [1.54, 1.807) is 0 Å². The minimum atomic E-state index is 0.575. The molecule has 1 aliphatic carbocycles. The average molecular weight is 141 g/mol. The van der Waals surface area contributed by atoms with Crippen LogP contribution in [0.4, 0.5) is 0 Å². The van der Waals surface area contributed by atoms with E-state index >= 15 is 0 Å². The fourth-order valence-corrected chi connectivity index (χ4v) is 1.47. The van der Waals surface area contributed by atoms with Crippen molar-refractivity contribution in [1.82, 2.24) is 4.90 Å². The lowest BCUT2D eigenvalue weighted by Gasteiger charge is -2.34. The minimum Gasteiger partial charge on any atom is -0.372 e. The number of nitrogens with zero attached hydrogens (tertiary/aromatic N) is 1. The lowest BCUT2D eigenvalue weighted by atomic mass is 9.92. The summed E-state index contributed by atoms with van der Waals surface area (Å²) in [7, 11) is 2.21. The van der Waals surface area contributed by atoms with Crippen molar-refractivity contribution in [1.29, 1.82) is 0 Å². The Morgan fingerprint density at radius 3 is 2.60 bits per heavy atom. The van der Waals surface area contributed by atoms with Gasteiger partial charge < -0.3 is 9.64 Å². The second-order valence-corrected chi connectivity index (χ2v) is 3.48. The van der Waals surface area contributed by atoms with Crippen LogP contribution >= 0.6 is 0 Å². The first-order valence-electron chi connectivity index (χ1n) is 4.18. The summed E-state index contributed by atoms with van der Waals surface area (Å²) in [6, 6.07) is 0.879. The molecule has 0 N–H and O–H groups in total. The van der Waals surface area contributed by atoms with Crippen LogP contribution < -0.4 is 0 Å². The topological polar surface area (TPSA) is 15.8 Å². The van der Waals surface area contributed by atoms with Gasteiger partial charge in [0.25, 0.3) is 0 Å². The Kier molecular flexibility index (Phi) is 1.66. The molecular formula is C8H15NO. The van der Waals surface area contributed by atoms with Crippen LogP contribution in [0.3, 0.4) is 0 Å². The van der Waals surface area contributed by atoms with E-state index in [0.29, 0.717) is 6.10 Å². The Bertz CT molecular complexity index is 118. The van der Waals surface area contributed by atoms with E-state index in [4.69, 9.17) is 4.74 Å².